The van der Waals surface area contributed by atoms with Crippen LogP contribution in [0.15, 0.2) is 81.3 Å². The van der Waals surface area contributed by atoms with Crippen LogP contribution in [0.2, 0.25) is 0 Å². The van der Waals surface area contributed by atoms with E-state index in [9.17, 15) is 0 Å². The second kappa shape index (κ2) is 6.04. The number of hydrogen-bond acceptors (Lipinski definition) is 5. The maximum absolute atomic E-state index is 5.50. The summed E-state index contributed by atoms with van der Waals surface area (Å²) in [6.45, 7) is 0. The van der Waals surface area contributed by atoms with Gasteiger partial charge >= 0.3 is 0 Å². The third-order valence-electron chi connectivity index (χ3n) is 3.70. The summed E-state index contributed by atoms with van der Waals surface area (Å²) in [5.74, 6) is 2.69. The second-order valence-corrected chi connectivity index (χ2v) is 5.24. The average molecular weight is 317 g/mol. The lowest BCUT2D eigenvalue weighted by Gasteiger charge is -2.06. The average Bonchev–Trinajstić information content (AvgIpc) is 3.09. The van der Waals surface area contributed by atoms with Crippen molar-refractivity contribution < 1.29 is 9.15 Å². The van der Waals surface area contributed by atoms with Crippen LogP contribution in [0.25, 0.3) is 0 Å². The Morgan fingerprint density at radius 1 is 0.917 bits per heavy atom. The topological polar surface area (TPSA) is 59.1 Å². The molecule has 0 bridgehead atoms. The van der Waals surface area contributed by atoms with Crippen molar-refractivity contribution in [1.29, 1.82) is 0 Å². The van der Waals surface area contributed by atoms with E-state index in [1.54, 1.807) is 13.4 Å². The van der Waals surface area contributed by atoms with Gasteiger partial charge < -0.3 is 14.5 Å². The minimum absolute atomic E-state index is 0.613. The molecule has 0 spiro atoms. The van der Waals surface area contributed by atoms with Gasteiger partial charge in [-0.3, -0.25) is 0 Å². The third kappa shape index (κ3) is 2.67. The van der Waals surface area contributed by atoms with Gasteiger partial charge in [-0.1, -0.05) is 12.1 Å². The van der Waals surface area contributed by atoms with Crippen LogP contribution in [0.1, 0.15) is 11.3 Å². The first-order chi connectivity index (χ1) is 11.8. The largest absolute Gasteiger partial charge is 0.497 e. The number of nitrogens with zero attached hydrogens (tertiary/aromatic N) is 2. The molecule has 5 nitrogen and oxygen atoms in total. The van der Waals surface area contributed by atoms with Gasteiger partial charge in [-0.25, -0.2) is 9.98 Å². The molecule has 118 valence electrons. The summed E-state index contributed by atoms with van der Waals surface area (Å²) in [5, 5.41) is 3.30. The molecule has 4 rings (SSSR count). The molecule has 0 unspecified atom stereocenters. The first-order valence-corrected chi connectivity index (χ1v) is 7.55. The summed E-state index contributed by atoms with van der Waals surface area (Å²) in [4.78, 5) is 9.39. The SMILES string of the molecule is COc1ccc(C2=Nc3ccccc3NC(c3ccco3)=N2)cc1. The van der Waals surface area contributed by atoms with Gasteiger partial charge in [0.1, 0.15) is 5.75 Å². The van der Waals surface area contributed by atoms with Gasteiger partial charge in [0.25, 0.3) is 0 Å². The maximum atomic E-state index is 5.50. The fourth-order valence-corrected chi connectivity index (χ4v) is 2.48. The Labute approximate surface area is 139 Å². The molecule has 0 saturated carbocycles. The number of aliphatic imine (C=N–C) groups is 2. The molecule has 1 aliphatic rings. The molecule has 0 radical (unpaired) electrons. The standard InChI is InChI=1S/C19H15N3O2/c1-23-14-10-8-13(9-11-14)18-20-15-5-2-3-6-16(15)21-19(22-18)17-7-4-12-24-17/h2-12H,1H3,(H,20,21,22). The van der Waals surface area contributed by atoms with Crippen LogP contribution in [0.3, 0.4) is 0 Å². The number of fused-ring (bicyclic) bond motifs is 1. The number of hydrogen-bond donors (Lipinski definition) is 1. The lowest BCUT2D eigenvalue weighted by Crippen LogP contribution is -2.14. The molecular formula is C19H15N3O2. The summed E-state index contributed by atoms with van der Waals surface area (Å²) < 4.78 is 10.7. The van der Waals surface area contributed by atoms with Crippen LogP contribution in [-0.4, -0.2) is 18.8 Å². The fourth-order valence-electron chi connectivity index (χ4n) is 2.48. The summed E-state index contributed by atoms with van der Waals surface area (Å²) in [6, 6.07) is 19.2. The van der Waals surface area contributed by atoms with Gasteiger partial charge in [-0.15, -0.1) is 0 Å². The van der Waals surface area contributed by atoms with E-state index in [4.69, 9.17) is 14.1 Å². The molecule has 0 atom stereocenters. The number of anilines is 1. The van der Waals surface area contributed by atoms with Gasteiger partial charge in [0, 0.05) is 5.56 Å². The molecule has 0 aliphatic carbocycles. The highest BCUT2D eigenvalue weighted by Crippen LogP contribution is 2.29. The van der Waals surface area contributed by atoms with Crippen molar-refractivity contribution in [1.82, 2.24) is 0 Å². The lowest BCUT2D eigenvalue weighted by molar-refractivity contribution is 0.415. The Morgan fingerprint density at radius 3 is 2.50 bits per heavy atom. The first kappa shape index (κ1) is 14.3. The minimum Gasteiger partial charge on any atom is -0.497 e. The van der Waals surface area contributed by atoms with E-state index in [1.807, 2.05) is 60.7 Å². The number of amidine groups is 2. The van der Waals surface area contributed by atoms with Crippen molar-refractivity contribution in [3.63, 3.8) is 0 Å². The molecule has 2 heterocycles. The Morgan fingerprint density at radius 2 is 1.75 bits per heavy atom. The van der Waals surface area contributed by atoms with E-state index < -0.39 is 0 Å². The molecule has 5 heteroatoms. The van der Waals surface area contributed by atoms with Crippen molar-refractivity contribution in [2.24, 2.45) is 9.98 Å². The third-order valence-corrected chi connectivity index (χ3v) is 3.70. The predicted molar refractivity (Wildman–Crippen MR) is 94.5 cm³/mol. The molecule has 3 aromatic rings. The summed E-state index contributed by atoms with van der Waals surface area (Å²) in [6.07, 6.45) is 1.63. The molecule has 1 aliphatic heterocycles. The van der Waals surface area contributed by atoms with E-state index in [2.05, 4.69) is 10.3 Å². The zero-order valence-corrected chi connectivity index (χ0v) is 13.1. The highest BCUT2D eigenvalue weighted by molar-refractivity contribution is 6.18. The van der Waals surface area contributed by atoms with Crippen molar-refractivity contribution in [2.75, 3.05) is 12.4 Å². The number of ether oxygens (including phenoxy) is 1. The summed E-state index contributed by atoms with van der Waals surface area (Å²) >= 11 is 0. The summed E-state index contributed by atoms with van der Waals surface area (Å²) in [7, 11) is 1.64. The molecule has 1 aromatic heterocycles. The number of furan rings is 1. The van der Waals surface area contributed by atoms with E-state index in [-0.39, 0.29) is 0 Å². The molecule has 1 N–H and O–H groups in total. The van der Waals surface area contributed by atoms with E-state index in [0.717, 1.165) is 22.7 Å². The van der Waals surface area contributed by atoms with Gasteiger partial charge in [-0.05, 0) is 48.5 Å². The zero-order valence-electron chi connectivity index (χ0n) is 13.1. The zero-order chi connectivity index (χ0) is 16.4. The van der Waals surface area contributed by atoms with E-state index in [0.29, 0.717) is 17.4 Å². The second-order valence-electron chi connectivity index (χ2n) is 5.24. The minimum atomic E-state index is 0.613. The van der Waals surface area contributed by atoms with Gasteiger partial charge in [0.05, 0.1) is 24.7 Å². The van der Waals surface area contributed by atoms with Crippen LogP contribution in [0, 0.1) is 0 Å². The Bertz CT molecular complexity index is 910. The van der Waals surface area contributed by atoms with Crippen molar-refractivity contribution in [2.45, 2.75) is 0 Å². The number of nitrogens with one attached hydrogen (secondary N) is 1. The molecule has 0 saturated heterocycles. The number of para-hydroxylation sites is 2. The molecular weight excluding hydrogens is 302 g/mol. The van der Waals surface area contributed by atoms with Crippen LogP contribution >= 0.6 is 0 Å². The molecule has 2 aromatic carbocycles. The van der Waals surface area contributed by atoms with Crippen LogP contribution in [0.4, 0.5) is 11.4 Å². The highest BCUT2D eigenvalue weighted by atomic mass is 16.5. The Hall–Kier alpha value is -3.34. The van der Waals surface area contributed by atoms with Gasteiger partial charge in [0.15, 0.2) is 17.4 Å². The summed E-state index contributed by atoms with van der Waals surface area (Å²) in [5.41, 5.74) is 2.61. The number of methoxy groups -OCH3 is 1. The van der Waals surface area contributed by atoms with E-state index in [1.165, 1.54) is 0 Å². The molecule has 24 heavy (non-hydrogen) atoms. The predicted octanol–water partition coefficient (Wildman–Crippen LogP) is 4.24. The first-order valence-electron chi connectivity index (χ1n) is 7.55. The van der Waals surface area contributed by atoms with Gasteiger partial charge in [-0.2, -0.15) is 0 Å². The van der Waals surface area contributed by atoms with Crippen LogP contribution in [-0.2, 0) is 0 Å². The van der Waals surface area contributed by atoms with Crippen LogP contribution in [0.5, 0.6) is 5.75 Å². The number of benzene rings is 2. The highest BCUT2D eigenvalue weighted by Gasteiger charge is 2.16. The van der Waals surface area contributed by atoms with Crippen molar-refractivity contribution >= 4 is 23.0 Å². The van der Waals surface area contributed by atoms with Crippen LogP contribution < -0.4 is 10.1 Å². The smallest absolute Gasteiger partial charge is 0.176 e. The Balaban J connectivity index is 1.84. The molecule has 0 fully saturated rings. The Kier molecular flexibility index (Phi) is 3.59. The normalized spacial score (nSPS) is 13.2. The number of rotatable bonds is 3. The van der Waals surface area contributed by atoms with Crippen molar-refractivity contribution in [3.05, 3.63) is 78.3 Å². The monoisotopic (exact) mass is 317 g/mol. The molecule has 0 amide bonds. The maximum Gasteiger partial charge on any atom is 0.176 e. The lowest BCUT2D eigenvalue weighted by atomic mass is 10.2. The van der Waals surface area contributed by atoms with E-state index >= 15 is 0 Å². The van der Waals surface area contributed by atoms with Crippen molar-refractivity contribution in [3.8, 4) is 5.75 Å². The van der Waals surface area contributed by atoms with Gasteiger partial charge in [0.2, 0.25) is 0 Å². The quantitative estimate of drug-likeness (QED) is 0.786. The fraction of sp³-hybridized carbons (Fsp3) is 0.0526.